The van der Waals surface area contributed by atoms with Crippen molar-refractivity contribution in [3.63, 3.8) is 0 Å². The number of fused-ring (bicyclic) bond motifs is 1. The third-order valence-corrected chi connectivity index (χ3v) is 5.73. The fraction of sp³-hybridized carbons (Fsp3) is 1.00. The SMILES string of the molecule is CC(C)C(C)(CN)N1CCC2C(CCCN2C)C1. The first-order valence-corrected chi connectivity index (χ1v) is 7.64. The van der Waals surface area contributed by atoms with Gasteiger partial charge in [0.05, 0.1) is 0 Å². The Morgan fingerprint density at radius 3 is 2.61 bits per heavy atom. The molecular formula is C15H31N3. The molecule has 3 heteroatoms. The van der Waals surface area contributed by atoms with Gasteiger partial charge < -0.3 is 10.6 Å². The van der Waals surface area contributed by atoms with Crippen LogP contribution in [0.1, 0.15) is 40.0 Å². The fourth-order valence-electron chi connectivity index (χ4n) is 3.85. The first kappa shape index (κ1) is 14.3. The third kappa shape index (κ3) is 2.45. The van der Waals surface area contributed by atoms with Crippen molar-refractivity contribution < 1.29 is 0 Å². The molecule has 3 atom stereocenters. The lowest BCUT2D eigenvalue weighted by Crippen LogP contribution is -2.62. The molecule has 2 aliphatic rings. The van der Waals surface area contributed by atoms with Gasteiger partial charge in [-0.15, -0.1) is 0 Å². The van der Waals surface area contributed by atoms with Crippen LogP contribution in [0.25, 0.3) is 0 Å². The largest absolute Gasteiger partial charge is 0.329 e. The quantitative estimate of drug-likeness (QED) is 0.832. The predicted octanol–water partition coefficient (Wildman–Crippen LogP) is 1.78. The Morgan fingerprint density at radius 2 is 2.00 bits per heavy atom. The zero-order valence-electron chi connectivity index (χ0n) is 12.7. The summed E-state index contributed by atoms with van der Waals surface area (Å²) in [6, 6.07) is 0.823. The molecule has 3 unspecified atom stereocenters. The Morgan fingerprint density at radius 1 is 1.28 bits per heavy atom. The molecule has 2 heterocycles. The van der Waals surface area contributed by atoms with E-state index in [2.05, 4.69) is 37.6 Å². The zero-order chi connectivity index (χ0) is 13.3. The second kappa shape index (κ2) is 5.48. The topological polar surface area (TPSA) is 32.5 Å². The van der Waals surface area contributed by atoms with E-state index < -0.39 is 0 Å². The highest BCUT2D eigenvalue weighted by Crippen LogP contribution is 2.34. The molecule has 0 bridgehead atoms. The van der Waals surface area contributed by atoms with Gasteiger partial charge in [0, 0.05) is 31.2 Å². The third-order valence-electron chi connectivity index (χ3n) is 5.73. The van der Waals surface area contributed by atoms with E-state index in [1.807, 2.05) is 0 Å². The van der Waals surface area contributed by atoms with E-state index in [0.29, 0.717) is 5.92 Å². The van der Waals surface area contributed by atoms with Gasteiger partial charge in [-0.1, -0.05) is 13.8 Å². The van der Waals surface area contributed by atoms with Crippen LogP contribution in [0.4, 0.5) is 0 Å². The minimum Gasteiger partial charge on any atom is -0.329 e. The van der Waals surface area contributed by atoms with Crippen LogP contribution in [-0.2, 0) is 0 Å². The van der Waals surface area contributed by atoms with Crippen molar-refractivity contribution in [3.8, 4) is 0 Å². The average molecular weight is 253 g/mol. The smallest absolute Gasteiger partial charge is 0.0326 e. The highest BCUT2D eigenvalue weighted by Gasteiger charge is 2.41. The van der Waals surface area contributed by atoms with E-state index in [9.17, 15) is 0 Å². The number of nitrogens with zero attached hydrogens (tertiary/aromatic N) is 2. The summed E-state index contributed by atoms with van der Waals surface area (Å²) in [5, 5.41) is 0. The van der Waals surface area contributed by atoms with E-state index in [-0.39, 0.29) is 5.54 Å². The lowest BCUT2D eigenvalue weighted by molar-refractivity contribution is -0.0244. The first-order chi connectivity index (χ1) is 8.49. The van der Waals surface area contributed by atoms with Gasteiger partial charge in [-0.3, -0.25) is 4.90 Å². The zero-order valence-corrected chi connectivity index (χ0v) is 12.7. The van der Waals surface area contributed by atoms with Crippen LogP contribution in [0.5, 0.6) is 0 Å². The van der Waals surface area contributed by atoms with Crippen molar-refractivity contribution in [2.45, 2.75) is 51.6 Å². The van der Waals surface area contributed by atoms with Crippen molar-refractivity contribution >= 4 is 0 Å². The van der Waals surface area contributed by atoms with Gasteiger partial charge in [0.2, 0.25) is 0 Å². The van der Waals surface area contributed by atoms with Gasteiger partial charge in [-0.25, -0.2) is 0 Å². The van der Waals surface area contributed by atoms with Crippen LogP contribution in [0.2, 0.25) is 0 Å². The maximum atomic E-state index is 6.08. The van der Waals surface area contributed by atoms with Crippen LogP contribution >= 0.6 is 0 Å². The summed E-state index contributed by atoms with van der Waals surface area (Å²) in [4.78, 5) is 5.26. The second-order valence-electron chi connectivity index (χ2n) is 6.90. The van der Waals surface area contributed by atoms with E-state index in [0.717, 1.165) is 18.5 Å². The summed E-state index contributed by atoms with van der Waals surface area (Å²) in [5.74, 6) is 1.49. The van der Waals surface area contributed by atoms with E-state index in [4.69, 9.17) is 5.73 Å². The highest BCUT2D eigenvalue weighted by molar-refractivity contribution is 4.97. The monoisotopic (exact) mass is 253 g/mol. The fourth-order valence-corrected chi connectivity index (χ4v) is 3.85. The molecule has 2 N–H and O–H groups in total. The Hall–Kier alpha value is -0.120. The Bertz CT molecular complexity index is 279. The molecule has 0 aromatic heterocycles. The molecule has 0 aromatic rings. The minimum atomic E-state index is 0.182. The van der Waals surface area contributed by atoms with Crippen molar-refractivity contribution in [3.05, 3.63) is 0 Å². The summed E-state index contributed by atoms with van der Waals surface area (Å²) < 4.78 is 0. The summed E-state index contributed by atoms with van der Waals surface area (Å²) in [7, 11) is 2.30. The predicted molar refractivity (Wildman–Crippen MR) is 77.6 cm³/mol. The number of nitrogens with two attached hydrogens (primary N) is 1. The molecule has 0 radical (unpaired) electrons. The van der Waals surface area contributed by atoms with Crippen LogP contribution in [0, 0.1) is 11.8 Å². The van der Waals surface area contributed by atoms with Crippen molar-refractivity contribution in [1.82, 2.24) is 9.80 Å². The highest BCUT2D eigenvalue weighted by atomic mass is 15.2. The molecule has 2 rings (SSSR count). The van der Waals surface area contributed by atoms with Crippen LogP contribution in [0.3, 0.4) is 0 Å². The van der Waals surface area contributed by atoms with E-state index in [1.165, 1.54) is 38.9 Å². The van der Waals surface area contributed by atoms with Gasteiger partial charge in [-0.2, -0.15) is 0 Å². The van der Waals surface area contributed by atoms with Crippen LogP contribution in [0.15, 0.2) is 0 Å². The van der Waals surface area contributed by atoms with Crippen molar-refractivity contribution in [2.24, 2.45) is 17.6 Å². The standard InChI is InChI=1S/C15H31N3/c1-12(2)15(3,11-16)18-9-7-14-13(10-18)6-5-8-17(14)4/h12-14H,5-11,16H2,1-4H3. The summed E-state index contributed by atoms with van der Waals surface area (Å²) in [6.45, 7) is 11.5. The molecule has 0 aromatic carbocycles. The average Bonchev–Trinajstić information content (AvgIpc) is 2.37. The molecule has 18 heavy (non-hydrogen) atoms. The lowest BCUT2D eigenvalue weighted by atomic mass is 9.79. The number of piperidine rings is 2. The first-order valence-electron chi connectivity index (χ1n) is 7.64. The van der Waals surface area contributed by atoms with Crippen LogP contribution < -0.4 is 5.73 Å². The van der Waals surface area contributed by atoms with Crippen molar-refractivity contribution in [1.29, 1.82) is 0 Å². The Labute approximate surface area is 113 Å². The molecule has 3 nitrogen and oxygen atoms in total. The van der Waals surface area contributed by atoms with Gasteiger partial charge in [0.1, 0.15) is 0 Å². The van der Waals surface area contributed by atoms with Gasteiger partial charge >= 0.3 is 0 Å². The van der Waals surface area contributed by atoms with E-state index >= 15 is 0 Å². The second-order valence-corrected chi connectivity index (χ2v) is 6.90. The molecule has 106 valence electrons. The number of rotatable bonds is 3. The summed E-state index contributed by atoms with van der Waals surface area (Å²) in [6.07, 6.45) is 4.10. The van der Waals surface area contributed by atoms with E-state index in [1.54, 1.807) is 0 Å². The number of likely N-dealkylation sites (tertiary alicyclic amines) is 2. The van der Waals surface area contributed by atoms with Gasteiger partial charge in [0.25, 0.3) is 0 Å². The minimum absolute atomic E-state index is 0.182. The molecule has 2 aliphatic heterocycles. The maximum Gasteiger partial charge on any atom is 0.0326 e. The Kier molecular flexibility index (Phi) is 4.35. The van der Waals surface area contributed by atoms with Gasteiger partial charge in [0.15, 0.2) is 0 Å². The molecule has 2 saturated heterocycles. The normalized spacial score (nSPS) is 34.3. The van der Waals surface area contributed by atoms with Gasteiger partial charge in [-0.05, 0) is 51.6 Å². The molecule has 0 amide bonds. The maximum absolute atomic E-state index is 6.08. The molecule has 2 fully saturated rings. The Balaban J connectivity index is 2.06. The molecule has 0 saturated carbocycles. The number of hydrogen-bond donors (Lipinski definition) is 1. The van der Waals surface area contributed by atoms with Crippen molar-refractivity contribution in [2.75, 3.05) is 33.2 Å². The number of hydrogen-bond acceptors (Lipinski definition) is 3. The lowest BCUT2D eigenvalue weighted by Gasteiger charge is -2.52. The van der Waals surface area contributed by atoms with Crippen LogP contribution in [-0.4, -0.2) is 54.6 Å². The summed E-state index contributed by atoms with van der Waals surface area (Å²) in [5.41, 5.74) is 6.26. The molecular weight excluding hydrogens is 222 g/mol. The molecule has 0 spiro atoms. The summed E-state index contributed by atoms with van der Waals surface area (Å²) >= 11 is 0. The molecule has 0 aliphatic carbocycles.